The number of H-pyrrole nitrogens is 1. The standard InChI is InChI=1S/C18H21F3N2O.ClH/c1-24-17-8-5-13(18(19,20)21)11-15(17)16-7-6-14(22-16)12-23-9-3-2-4-10-23;/h5-8,11,22H,2-4,9-10,12H2,1H3;1H. The second-order valence-corrected chi connectivity index (χ2v) is 6.15. The van der Waals surface area contributed by atoms with E-state index < -0.39 is 11.7 Å². The molecule has 2 heterocycles. The Labute approximate surface area is 151 Å². The molecule has 25 heavy (non-hydrogen) atoms. The van der Waals surface area contributed by atoms with Crippen LogP contribution in [0.1, 0.15) is 30.5 Å². The molecule has 0 saturated carbocycles. The molecule has 1 aliphatic rings. The highest BCUT2D eigenvalue weighted by Crippen LogP contribution is 2.36. The fourth-order valence-electron chi connectivity index (χ4n) is 3.14. The zero-order valence-corrected chi connectivity index (χ0v) is 14.8. The second kappa shape index (κ2) is 8.15. The van der Waals surface area contributed by atoms with Crippen LogP contribution in [0.4, 0.5) is 13.2 Å². The van der Waals surface area contributed by atoms with Crippen LogP contribution >= 0.6 is 12.4 Å². The smallest absolute Gasteiger partial charge is 0.416 e. The number of aromatic nitrogens is 1. The van der Waals surface area contributed by atoms with E-state index in [1.807, 2.05) is 12.1 Å². The van der Waals surface area contributed by atoms with Gasteiger partial charge in [0.2, 0.25) is 0 Å². The molecule has 1 N–H and O–H groups in total. The first kappa shape index (κ1) is 19.7. The maximum absolute atomic E-state index is 13.0. The number of piperidine rings is 1. The Bertz CT molecular complexity index is 694. The first-order valence-corrected chi connectivity index (χ1v) is 8.13. The number of ether oxygens (including phenoxy) is 1. The van der Waals surface area contributed by atoms with Gasteiger partial charge in [0.15, 0.2) is 0 Å². The Morgan fingerprint density at radius 2 is 1.80 bits per heavy atom. The molecule has 1 saturated heterocycles. The van der Waals surface area contributed by atoms with Crippen LogP contribution < -0.4 is 4.74 Å². The summed E-state index contributed by atoms with van der Waals surface area (Å²) in [6.07, 6.45) is -0.692. The summed E-state index contributed by atoms with van der Waals surface area (Å²) in [5, 5.41) is 0. The van der Waals surface area contributed by atoms with Crippen LogP contribution in [-0.2, 0) is 12.7 Å². The van der Waals surface area contributed by atoms with Crippen LogP contribution in [0.3, 0.4) is 0 Å². The fourth-order valence-corrected chi connectivity index (χ4v) is 3.14. The number of alkyl halides is 3. The molecule has 0 atom stereocenters. The normalized spacial score (nSPS) is 15.7. The van der Waals surface area contributed by atoms with Crippen molar-refractivity contribution in [3.05, 3.63) is 41.6 Å². The molecular weight excluding hydrogens is 353 g/mol. The highest BCUT2D eigenvalue weighted by atomic mass is 35.5. The molecular formula is C18H22ClF3N2O. The molecule has 0 bridgehead atoms. The van der Waals surface area contributed by atoms with Gasteiger partial charge in [-0.25, -0.2) is 0 Å². The third-order valence-electron chi connectivity index (χ3n) is 4.41. The van der Waals surface area contributed by atoms with Crippen molar-refractivity contribution >= 4 is 12.4 Å². The molecule has 0 unspecified atom stereocenters. The van der Waals surface area contributed by atoms with Crippen LogP contribution in [0.5, 0.6) is 5.75 Å². The summed E-state index contributed by atoms with van der Waals surface area (Å²) in [7, 11) is 1.46. The molecule has 138 valence electrons. The largest absolute Gasteiger partial charge is 0.496 e. The van der Waals surface area contributed by atoms with E-state index in [0.717, 1.165) is 37.5 Å². The molecule has 0 radical (unpaired) electrons. The number of aromatic amines is 1. The van der Waals surface area contributed by atoms with Gasteiger partial charge >= 0.3 is 6.18 Å². The molecule has 1 fully saturated rings. The number of nitrogens with one attached hydrogen (secondary N) is 1. The summed E-state index contributed by atoms with van der Waals surface area (Å²) in [6.45, 7) is 2.93. The Kier molecular flexibility index (Phi) is 6.41. The van der Waals surface area contributed by atoms with Crippen molar-refractivity contribution in [2.45, 2.75) is 32.0 Å². The van der Waals surface area contributed by atoms with Crippen molar-refractivity contribution in [3.8, 4) is 17.0 Å². The minimum atomic E-state index is -4.37. The zero-order chi connectivity index (χ0) is 17.2. The van der Waals surface area contributed by atoms with Gasteiger partial charge < -0.3 is 9.72 Å². The summed E-state index contributed by atoms with van der Waals surface area (Å²) in [4.78, 5) is 5.60. The van der Waals surface area contributed by atoms with Gasteiger partial charge in [-0.3, -0.25) is 4.90 Å². The van der Waals surface area contributed by atoms with Gasteiger partial charge in [0, 0.05) is 23.5 Å². The summed E-state index contributed by atoms with van der Waals surface area (Å²) >= 11 is 0. The van der Waals surface area contributed by atoms with Gasteiger partial charge in [-0.2, -0.15) is 13.2 Å². The Morgan fingerprint density at radius 1 is 1.08 bits per heavy atom. The third-order valence-corrected chi connectivity index (χ3v) is 4.41. The number of benzene rings is 1. The Hall–Kier alpha value is -1.66. The number of likely N-dealkylation sites (tertiary alicyclic amines) is 1. The van der Waals surface area contributed by atoms with Gasteiger partial charge in [0.1, 0.15) is 5.75 Å². The summed E-state index contributed by atoms with van der Waals surface area (Å²) < 4.78 is 44.2. The van der Waals surface area contributed by atoms with E-state index in [4.69, 9.17) is 4.74 Å². The Balaban J connectivity index is 0.00000225. The minimum absolute atomic E-state index is 0. The summed E-state index contributed by atoms with van der Waals surface area (Å²) in [5.41, 5.74) is 1.40. The molecule has 2 aromatic rings. The topological polar surface area (TPSA) is 28.3 Å². The third kappa shape index (κ3) is 4.70. The Morgan fingerprint density at radius 3 is 2.44 bits per heavy atom. The van der Waals surface area contributed by atoms with Crippen LogP contribution in [0.15, 0.2) is 30.3 Å². The molecule has 0 aliphatic carbocycles. The summed E-state index contributed by atoms with van der Waals surface area (Å²) in [6, 6.07) is 7.29. The van der Waals surface area contributed by atoms with Crippen molar-refractivity contribution in [2.24, 2.45) is 0 Å². The minimum Gasteiger partial charge on any atom is -0.496 e. The van der Waals surface area contributed by atoms with Gasteiger partial charge in [0.05, 0.1) is 12.7 Å². The summed E-state index contributed by atoms with van der Waals surface area (Å²) in [5.74, 6) is 0.425. The van der Waals surface area contributed by atoms with Crippen molar-refractivity contribution in [1.82, 2.24) is 9.88 Å². The zero-order valence-electron chi connectivity index (χ0n) is 14.0. The van der Waals surface area contributed by atoms with Gasteiger partial charge in [-0.15, -0.1) is 12.4 Å². The van der Waals surface area contributed by atoms with Gasteiger partial charge in [-0.05, 0) is 56.3 Å². The van der Waals surface area contributed by atoms with Crippen LogP contribution in [0.25, 0.3) is 11.3 Å². The van der Waals surface area contributed by atoms with Crippen LogP contribution in [-0.4, -0.2) is 30.1 Å². The highest BCUT2D eigenvalue weighted by molar-refractivity contribution is 5.85. The molecule has 7 heteroatoms. The maximum Gasteiger partial charge on any atom is 0.416 e. The van der Waals surface area contributed by atoms with Crippen molar-refractivity contribution in [1.29, 1.82) is 0 Å². The first-order valence-electron chi connectivity index (χ1n) is 8.13. The fraction of sp³-hybridized carbons (Fsp3) is 0.444. The highest BCUT2D eigenvalue weighted by Gasteiger charge is 2.31. The molecule has 0 amide bonds. The van der Waals surface area contributed by atoms with Gasteiger partial charge in [-0.1, -0.05) is 6.42 Å². The van der Waals surface area contributed by atoms with E-state index in [0.29, 0.717) is 17.0 Å². The second-order valence-electron chi connectivity index (χ2n) is 6.15. The SMILES string of the molecule is COc1ccc(C(F)(F)F)cc1-c1ccc(CN2CCCCC2)[nH]1.Cl. The number of methoxy groups -OCH3 is 1. The molecule has 1 aromatic carbocycles. The van der Waals surface area contributed by atoms with Crippen molar-refractivity contribution in [3.63, 3.8) is 0 Å². The van der Waals surface area contributed by atoms with E-state index in [9.17, 15) is 13.2 Å². The molecule has 1 aliphatic heterocycles. The number of hydrogen-bond acceptors (Lipinski definition) is 2. The monoisotopic (exact) mass is 374 g/mol. The van der Waals surface area contributed by atoms with E-state index in [2.05, 4.69) is 9.88 Å². The van der Waals surface area contributed by atoms with Gasteiger partial charge in [0.25, 0.3) is 0 Å². The molecule has 3 rings (SSSR count). The number of nitrogens with zero attached hydrogens (tertiary/aromatic N) is 1. The van der Waals surface area contributed by atoms with E-state index >= 15 is 0 Å². The van der Waals surface area contributed by atoms with Crippen LogP contribution in [0.2, 0.25) is 0 Å². The predicted octanol–water partition coefficient (Wildman–Crippen LogP) is 5.12. The lowest BCUT2D eigenvalue weighted by Gasteiger charge is -2.25. The number of rotatable bonds is 4. The lowest BCUT2D eigenvalue weighted by molar-refractivity contribution is -0.137. The number of hydrogen-bond donors (Lipinski definition) is 1. The molecule has 3 nitrogen and oxygen atoms in total. The average Bonchev–Trinajstić information content (AvgIpc) is 3.02. The lowest BCUT2D eigenvalue weighted by Crippen LogP contribution is -2.29. The van der Waals surface area contributed by atoms with E-state index in [1.54, 1.807) is 0 Å². The molecule has 1 aromatic heterocycles. The number of halogens is 4. The average molecular weight is 375 g/mol. The predicted molar refractivity (Wildman–Crippen MR) is 94.2 cm³/mol. The lowest BCUT2D eigenvalue weighted by atomic mass is 10.1. The quantitative estimate of drug-likeness (QED) is 0.804. The van der Waals surface area contributed by atoms with Crippen molar-refractivity contribution in [2.75, 3.05) is 20.2 Å². The first-order chi connectivity index (χ1) is 11.5. The van der Waals surface area contributed by atoms with Crippen molar-refractivity contribution < 1.29 is 17.9 Å². The van der Waals surface area contributed by atoms with E-state index in [-0.39, 0.29) is 12.4 Å². The molecule has 0 spiro atoms. The maximum atomic E-state index is 13.0. The van der Waals surface area contributed by atoms with E-state index in [1.165, 1.54) is 32.4 Å². The van der Waals surface area contributed by atoms with Crippen LogP contribution in [0, 0.1) is 0 Å².